The molecule has 3 aromatic rings. The molecule has 1 heterocycles. The summed E-state index contributed by atoms with van der Waals surface area (Å²) in [7, 11) is 0. The number of rotatable bonds is 6. The van der Waals surface area contributed by atoms with Crippen molar-refractivity contribution in [1.29, 1.82) is 0 Å². The number of halogens is 6. The molecule has 0 spiro atoms. The molecule has 0 amide bonds. The minimum absolute atomic E-state index is 0.0242. The van der Waals surface area contributed by atoms with E-state index >= 15 is 0 Å². The highest BCUT2D eigenvalue weighted by Crippen LogP contribution is 2.41. The molecule has 4 rings (SSSR count). The van der Waals surface area contributed by atoms with Crippen LogP contribution in [0.25, 0.3) is 6.08 Å². The number of ether oxygens (including phenoxy) is 3. The van der Waals surface area contributed by atoms with E-state index in [-0.39, 0.29) is 19.0 Å². The van der Waals surface area contributed by atoms with E-state index < -0.39 is 29.1 Å². The zero-order valence-electron chi connectivity index (χ0n) is 19.3. The lowest BCUT2D eigenvalue weighted by Crippen LogP contribution is -2.27. The molecule has 0 bridgehead atoms. The largest absolute Gasteiger partial charge is 0.485 e. The molecule has 0 saturated carbocycles. The summed E-state index contributed by atoms with van der Waals surface area (Å²) in [5, 5.41) is 0. The van der Waals surface area contributed by atoms with E-state index in [0.717, 1.165) is 29.8 Å². The van der Waals surface area contributed by atoms with E-state index in [4.69, 9.17) is 14.2 Å². The van der Waals surface area contributed by atoms with Crippen LogP contribution in [0.5, 0.6) is 17.2 Å². The predicted molar refractivity (Wildman–Crippen MR) is 122 cm³/mol. The first kappa shape index (κ1) is 25.5. The Labute approximate surface area is 203 Å². The molecule has 0 unspecified atom stereocenters. The van der Waals surface area contributed by atoms with Crippen molar-refractivity contribution in [2.45, 2.75) is 45.0 Å². The summed E-state index contributed by atoms with van der Waals surface area (Å²) in [5.41, 5.74) is -0.328. The molecule has 1 aliphatic heterocycles. The predicted octanol–water partition coefficient (Wildman–Crippen LogP) is 8.07. The van der Waals surface area contributed by atoms with Gasteiger partial charge in [-0.1, -0.05) is 30.3 Å². The average molecular weight is 508 g/mol. The highest BCUT2D eigenvalue weighted by molar-refractivity contribution is 5.66. The van der Waals surface area contributed by atoms with Crippen LogP contribution in [0, 0.1) is 0 Å². The first-order chi connectivity index (χ1) is 16.8. The lowest BCUT2D eigenvalue weighted by Gasteiger charge is -2.28. The van der Waals surface area contributed by atoms with E-state index in [1.165, 1.54) is 24.3 Å². The number of benzene rings is 3. The zero-order chi connectivity index (χ0) is 26.1. The van der Waals surface area contributed by atoms with Crippen LogP contribution < -0.4 is 14.2 Å². The highest BCUT2D eigenvalue weighted by atomic mass is 19.4. The maximum atomic E-state index is 12.8. The molecule has 0 atom stereocenters. The maximum Gasteiger partial charge on any atom is 0.416 e. The van der Waals surface area contributed by atoms with E-state index in [2.05, 4.69) is 0 Å². The molecule has 0 saturated heterocycles. The van der Waals surface area contributed by atoms with E-state index in [1.54, 1.807) is 12.1 Å². The summed E-state index contributed by atoms with van der Waals surface area (Å²) in [4.78, 5) is 0. The van der Waals surface area contributed by atoms with Crippen molar-refractivity contribution in [2.75, 3.05) is 0 Å². The topological polar surface area (TPSA) is 27.7 Å². The maximum absolute atomic E-state index is 12.8. The van der Waals surface area contributed by atoms with Crippen LogP contribution in [-0.2, 0) is 25.6 Å². The lowest BCUT2D eigenvalue weighted by molar-refractivity contribution is -0.138. The van der Waals surface area contributed by atoms with Crippen LogP contribution in [0.3, 0.4) is 0 Å². The fourth-order valence-electron chi connectivity index (χ4n) is 3.51. The summed E-state index contributed by atoms with van der Waals surface area (Å²) in [6.07, 6.45) is -5.13. The van der Waals surface area contributed by atoms with Gasteiger partial charge in [0.15, 0.2) is 11.5 Å². The summed E-state index contributed by atoms with van der Waals surface area (Å²) in [6.45, 7) is 3.70. The molecule has 1 aliphatic rings. The van der Waals surface area contributed by atoms with E-state index in [0.29, 0.717) is 22.6 Å². The van der Waals surface area contributed by atoms with Crippen LogP contribution in [0.1, 0.15) is 41.7 Å². The first-order valence-electron chi connectivity index (χ1n) is 10.9. The second-order valence-electron chi connectivity index (χ2n) is 8.84. The summed E-state index contributed by atoms with van der Waals surface area (Å²) in [6, 6.07) is 12.5. The molecule has 190 valence electrons. The third-order valence-electron chi connectivity index (χ3n) is 5.46. The van der Waals surface area contributed by atoms with Gasteiger partial charge in [-0.05, 0) is 61.4 Å². The highest BCUT2D eigenvalue weighted by Gasteiger charge is 2.31. The van der Waals surface area contributed by atoms with Gasteiger partial charge < -0.3 is 14.2 Å². The standard InChI is InChI=1S/C27H22F6O3/c1-25(2)12-11-19-13-23(34-15-17-3-7-20(8-4-17)26(28,29)30)24(14-22(19)36-25)35-16-18-5-9-21(10-6-18)27(31,32)33/h3-14H,15-16H2,1-2H3. The number of alkyl halides is 6. The van der Waals surface area contributed by atoms with Crippen molar-refractivity contribution in [3.05, 3.63) is 94.6 Å². The van der Waals surface area contributed by atoms with Crippen LogP contribution in [-0.4, -0.2) is 5.60 Å². The minimum Gasteiger partial charge on any atom is -0.485 e. The van der Waals surface area contributed by atoms with Gasteiger partial charge in [0.1, 0.15) is 24.6 Å². The smallest absolute Gasteiger partial charge is 0.416 e. The van der Waals surface area contributed by atoms with Crippen LogP contribution >= 0.6 is 0 Å². The minimum atomic E-state index is -4.44. The first-order valence-corrected chi connectivity index (χ1v) is 10.9. The van der Waals surface area contributed by atoms with Gasteiger partial charge in [0.05, 0.1) is 11.1 Å². The number of fused-ring (bicyclic) bond motifs is 1. The molecular weight excluding hydrogens is 486 g/mol. The van der Waals surface area contributed by atoms with Gasteiger partial charge in [0.2, 0.25) is 0 Å². The Hall–Kier alpha value is -3.62. The van der Waals surface area contributed by atoms with Crippen LogP contribution in [0.2, 0.25) is 0 Å². The van der Waals surface area contributed by atoms with Crippen molar-refractivity contribution in [2.24, 2.45) is 0 Å². The van der Waals surface area contributed by atoms with Gasteiger partial charge in [-0.3, -0.25) is 0 Å². The van der Waals surface area contributed by atoms with E-state index in [1.807, 2.05) is 26.0 Å². The number of hydrogen-bond acceptors (Lipinski definition) is 3. The Balaban J connectivity index is 1.55. The second-order valence-corrected chi connectivity index (χ2v) is 8.84. The molecular formula is C27H22F6O3. The monoisotopic (exact) mass is 508 g/mol. The zero-order valence-corrected chi connectivity index (χ0v) is 19.3. The Morgan fingerprint density at radius 1 is 0.694 bits per heavy atom. The van der Waals surface area contributed by atoms with Crippen molar-refractivity contribution in [3.8, 4) is 17.2 Å². The molecule has 9 heteroatoms. The molecule has 0 aliphatic carbocycles. The van der Waals surface area contributed by atoms with Gasteiger partial charge in [0, 0.05) is 11.6 Å². The Kier molecular flexibility index (Phi) is 6.68. The van der Waals surface area contributed by atoms with Crippen LogP contribution in [0.15, 0.2) is 66.7 Å². The van der Waals surface area contributed by atoms with Gasteiger partial charge in [-0.25, -0.2) is 0 Å². The molecule has 3 nitrogen and oxygen atoms in total. The van der Waals surface area contributed by atoms with Gasteiger partial charge in [-0.2, -0.15) is 26.3 Å². The van der Waals surface area contributed by atoms with E-state index in [9.17, 15) is 26.3 Å². The fraction of sp³-hybridized carbons (Fsp3) is 0.259. The third kappa shape index (κ3) is 6.13. The molecule has 0 aromatic heterocycles. The van der Waals surface area contributed by atoms with Crippen LogP contribution in [0.4, 0.5) is 26.3 Å². The van der Waals surface area contributed by atoms with Crippen molar-refractivity contribution in [3.63, 3.8) is 0 Å². The van der Waals surface area contributed by atoms with Gasteiger partial charge >= 0.3 is 12.4 Å². The normalized spacial score (nSPS) is 14.7. The fourth-order valence-corrected chi connectivity index (χ4v) is 3.51. The summed E-state index contributed by atoms with van der Waals surface area (Å²) < 4.78 is 94.7. The molecule has 0 fully saturated rings. The average Bonchev–Trinajstić information content (AvgIpc) is 2.80. The molecule has 0 N–H and O–H groups in total. The third-order valence-corrected chi connectivity index (χ3v) is 5.46. The molecule has 3 aromatic carbocycles. The van der Waals surface area contributed by atoms with Gasteiger partial charge in [-0.15, -0.1) is 0 Å². The quantitative estimate of drug-likeness (QED) is 0.315. The number of hydrogen-bond donors (Lipinski definition) is 0. The Morgan fingerprint density at radius 2 is 1.14 bits per heavy atom. The van der Waals surface area contributed by atoms with Crippen molar-refractivity contribution in [1.82, 2.24) is 0 Å². The second kappa shape index (κ2) is 9.44. The Morgan fingerprint density at radius 3 is 1.58 bits per heavy atom. The lowest BCUT2D eigenvalue weighted by atomic mass is 10.0. The Bertz CT molecular complexity index is 1240. The van der Waals surface area contributed by atoms with Gasteiger partial charge in [0.25, 0.3) is 0 Å². The summed E-state index contributed by atoms with van der Waals surface area (Å²) >= 11 is 0. The molecule has 36 heavy (non-hydrogen) atoms. The SMILES string of the molecule is CC1(C)C=Cc2cc(OCc3ccc(C(F)(F)F)cc3)c(OCc3ccc(C(F)(F)F)cc3)cc2O1. The van der Waals surface area contributed by atoms with Crippen molar-refractivity contribution < 1.29 is 40.6 Å². The van der Waals surface area contributed by atoms with Crippen molar-refractivity contribution >= 4 is 6.08 Å². The summed E-state index contributed by atoms with van der Waals surface area (Å²) in [5.74, 6) is 1.13. The molecule has 0 radical (unpaired) electrons.